The molecule has 1 aromatic heterocycles. The molecule has 2 aromatic rings. The first-order valence-electron chi connectivity index (χ1n) is 6.70. The fourth-order valence-electron chi connectivity index (χ4n) is 2.61. The van der Waals surface area contributed by atoms with Crippen LogP contribution in [0.15, 0.2) is 30.6 Å². The average molecular weight is 258 g/mol. The van der Waals surface area contributed by atoms with Crippen LogP contribution >= 0.6 is 0 Å². The van der Waals surface area contributed by atoms with E-state index in [9.17, 15) is 0 Å². The number of nitrogen functional groups attached to an aromatic ring is 1. The lowest BCUT2D eigenvalue weighted by molar-refractivity contribution is 0.285. The molecule has 1 fully saturated rings. The van der Waals surface area contributed by atoms with Gasteiger partial charge >= 0.3 is 0 Å². The Labute approximate surface area is 112 Å². The molecule has 0 aliphatic heterocycles. The number of anilines is 1. The van der Waals surface area contributed by atoms with Crippen molar-refractivity contribution in [3.05, 3.63) is 36.4 Å². The Bertz CT molecular complexity index is 546. The summed E-state index contributed by atoms with van der Waals surface area (Å²) in [7, 11) is 0. The van der Waals surface area contributed by atoms with E-state index in [0.717, 1.165) is 5.82 Å². The summed E-state index contributed by atoms with van der Waals surface area (Å²) < 4.78 is 7.88. The second-order valence-corrected chi connectivity index (χ2v) is 4.92. The normalized spacial score (nSPS) is 15.8. The molecular formula is C14H18N4O. The lowest BCUT2D eigenvalue weighted by Gasteiger charge is -2.14. The Morgan fingerprint density at radius 3 is 2.84 bits per heavy atom. The average Bonchev–Trinajstić information content (AvgIpc) is 3.08. The first kappa shape index (κ1) is 12.0. The molecule has 1 saturated carbocycles. The van der Waals surface area contributed by atoms with Gasteiger partial charge in [-0.25, -0.2) is 0 Å². The van der Waals surface area contributed by atoms with Crippen LogP contribution < -0.4 is 10.5 Å². The first-order valence-corrected chi connectivity index (χ1v) is 6.70. The van der Waals surface area contributed by atoms with Gasteiger partial charge in [0.15, 0.2) is 5.82 Å². The molecule has 0 unspecified atom stereocenters. The van der Waals surface area contributed by atoms with E-state index < -0.39 is 0 Å². The van der Waals surface area contributed by atoms with Crippen molar-refractivity contribution in [3.8, 4) is 5.75 Å². The lowest BCUT2D eigenvalue weighted by Crippen LogP contribution is -2.11. The number of hydrogen-bond acceptors (Lipinski definition) is 4. The molecule has 100 valence electrons. The summed E-state index contributed by atoms with van der Waals surface area (Å²) in [6.45, 7) is 0.407. The van der Waals surface area contributed by atoms with Crippen molar-refractivity contribution in [1.29, 1.82) is 0 Å². The summed E-state index contributed by atoms with van der Waals surface area (Å²) in [5, 5.41) is 8.16. The number of para-hydroxylation sites is 2. The Hall–Kier alpha value is -2.04. The van der Waals surface area contributed by atoms with E-state index in [-0.39, 0.29) is 0 Å². The fraction of sp³-hybridized carbons (Fsp3) is 0.429. The van der Waals surface area contributed by atoms with Crippen LogP contribution in [0.5, 0.6) is 5.75 Å². The number of aromatic nitrogens is 3. The van der Waals surface area contributed by atoms with Gasteiger partial charge in [-0.1, -0.05) is 25.0 Å². The highest BCUT2D eigenvalue weighted by atomic mass is 16.5. The number of benzene rings is 1. The number of hydrogen-bond donors (Lipinski definition) is 1. The summed E-state index contributed by atoms with van der Waals surface area (Å²) >= 11 is 0. The Morgan fingerprint density at radius 1 is 1.26 bits per heavy atom. The van der Waals surface area contributed by atoms with Gasteiger partial charge in [-0.15, -0.1) is 10.2 Å². The zero-order chi connectivity index (χ0) is 13.1. The number of nitrogens with two attached hydrogens (primary N) is 1. The molecule has 0 bridgehead atoms. The Balaban J connectivity index is 1.70. The van der Waals surface area contributed by atoms with E-state index in [1.54, 1.807) is 0 Å². The molecule has 1 aliphatic rings. The topological polar surface area (TPSA) is 66.0 Å². The Kier molecular flexibility index (Phi) is 3.35. The van der Waals surface area contributed by atoms with E-state index in [0.29, 0.717) is 24.1 Å². The van der Waals surface area contributed by atoms with Crippen LogP contribution in [0.3, 0.4) is 0 Å². The standard InChI is InChI=1S/C14H18N4O/c15-12-7-3-4-8-13(12)19-9-14-17-16-10-18(14)11-5-1-2-6-11/h3-4,7-8,10-11H,1-2,5-6,9,15H2. The third-order valence-corrected chi connectivity index (χ3v) is 3.64. The number of nitrogens with zero attached hydrogens (tertiary/aromatic N) is 3. The molecule has 0 spiro atoms. The molecule has 0 atom stereocenters. The molecule has 1 aliphatic carbocycles. The zero-order valence-electron chi connectivity index (χ0n) is 10.8. The maximum absolute atomic E-state index is 5.85. The maximum atomic E-state index is 5.85. The van der Waals surface area contributed by atoms with Crippen molar-refractivity contribution in [2.75, 3.05) is 5.73 Å². The minimum absolute atomic E-state index is 0.407. The minimum atomic E-state index is 0.407. The summed E-state index contributed by atoms with van der Waals surface area (Å²) in [6.07, 6.45) is 6.80. The van der Waals surface area contributed by atoms with Gasteiger partial charge in [-0.2, -0.15) is 0 Å². The predicted octanol–water partition coefficient (Wildman–Crippen LogP) is 2.55. The van der Waals surface area contributed by atoms with Crippen molar-refractivity contribution in [2.45, 2.75) is 38.3 Å². The maximum Gasteiger partial charge on any atom is 0.171 e. The van der Waals surface area contributed by atoms with Crippen molar-refractivity contribution >= 4 is 5.69 Å². The molecule has 0 amide bonds. The molecule has 3 rings (SSSR count). The predicted molar refractivity (Wildman–Crippen MR) is 72.7 cm³/mol. The SMILES string of the molecule is Nc1ccccc1OCc1nncn1C1CCCC1. The van der Waals surface area contributed by atoms with Crippen LogP contribution in [0.25, 0.3) is 0 Å². The van der Waals surface area contributed by atoms with E-state index in [2.05, 4.69) is 14.8 Å². The Morgan fingerprint density at radius 2 is 2.05 bits per heavy atom. The molecule has 0 radical (unpaired) electrons. The highest BCUT2D eigenvalue weighted by Crippen LogP contribution is 2.30. The highest BCUT2D eigenvalue weighted by Gasteiger charge is 2.20. The molecular weight excluding hydrogens is 240 g/mol. The van der Waals surface area contributed by atoms with Gasteiger partial charge in [0.1, 0.15) is 18.7 Å². The van der Waals surface area contributed by atoms with Crippen molar-refractivity contribution in [3.63, 3.8) is 0 Å². The van der Waals surface area contributed by atoms with Crippen LogP contribution in [0.4, 0.5) is 5.69 Å². The minimum Gasteiger partial charge on any atom is -0.483 e. The molecule has 1 heterocycles. The van der Waals surface area contributed by atoms with E-state index >= 15 is 0 Å². The molecule has 1 aromatic carbocycles. The second-order valence-electron chi connectivity index (χ2n) is 4.92. The van der Waals surface area contributed by atoms with E-state index in [4.69, 9.17) is 10.5 Å². The third-order valence-electron chi connectivity index (χ3n) is 3.64. The van der Waals surface area contributed by atoms with Crippen LogP contribution in [0.2, 0.25) is 0 Å². The first-order chi connectivity index (χ1) is 9.34. The van der Waals surface area contributed by atoms with Gasteiger partial charge in [0.25, 0.3) is 0 Å². The summed E-state index contributed by atoms with van der Waals surface area (Å²) in [6, 6.07) is 8.03. The van der Waals surface area contributed by atoms with Crippen molar-refractivity contribution < 1.29 is 4.74 Å². The van der Waals surface area contributed by atoms with Gasteiger partial charge in [0.2, 0.25) is 0 Å². The quantitative estimate of drug-likeness (QED) is 0.856. The molecule has 0 saturated heterocycles. The van der Waals surface area contributed by atoms with Crippen LogP contribution in [-0.4, -0.2) is 14.8 Å². The fourth-order valence-corrected chi connectivity index (χ4v) is 2.61. The summed E-state index contributed by atoms with van der Waals surface area (Å²) in [4.78, 5) is 0. The second kappa shape index (κ2) is 5.30. The van der Waals surface area contributed by atoms with Crippen LogP contribution in [0.1, 0.15) is 37.5 Å². The van der Waals surface area contributed by atoms with E-state index in [1.807, 2.05) is 30.6 Å². The van der Waals surface area contributed by atoms with Gasteiger partial charge in [0.05, 0.1) is 5.69 Å². The molecule has 5 nitrogen and oxygen atoms in total. The van der Waals surface area contributed by atoms with Crippen LogP contribution in [0, 0.1) is 0 Å². The monoisotopic (exact) mass is 258 g/mol. The highest BCUT2D eigenvalue weighted by molar-refractivity contribution is 5.51. The summed E-state index contributed by atoms with van der Waals surface area (Å²) in [5.74, 6) is 1.57. The van der Waals surface area contributed by atoms with Gasteiger partial charge in [-0.3, -0.25) is 0 Å². The number of rotatable bonds is 4. The summed E-state index contributed by atoms with van der Waals surface area (Å²) in [5.41, 5.74) is 6.50. The molecule has 5 heteroatoms. The molecule has 19 heavy (non-hydrogen) atoms. The third kappa shape index (κ3) is 2.54. The zero-order valence-corrected chi connectivity index (χ0v) is 10.8. The molecule has 2 N–H and O–H groups in total. The largest absolute Gasteiger partial charge is 0.483 e. The van der Waals surface area contributed by atoms with Crippen molar-refractivity contribution in [1.82, 2.24) is 14.8 Å². The smallest absolute Gasteiger partial charge is 0.171 e. The van der Waals surface area contributed by atoms with Gasteiger partial charge in [-0.05, 0) is 25.0 Å². The van der Waals surface area contributed by atoms with Crippen molar-refractivity contribution in [2.24, 2.45) is 0 Å². The van der Waals surface area contributed by atoms with Gasteiger partial charge in [0, 0.05) is 6.04 Å². The lowest BCUT2D eigenvalue weighted by atomic mass is 10.2. The van der Waals surface area contributed by atoms with Crippen LogP contribution in [-0.2, 0) is 6.61 Å². The number of ether oxygens (including phenoxy) is 1. The van der Waals surface area contributed by atoms with E-state index in [1.165, 1.54) is 25.7 Å². The van der Waals surface area contributed by atoms with Gasteiger partial charge < -0.3 is 15.0 Å².